The number of carbonyl (C=O) groups excluding carboxylic acids is 1. The van der Waals surface area contributed by atoms with Crippen LogP contribution in [0, 0.1) is 12.7 Å². The van der Waals surface area contributed by atoms with Gasteiger partial charge < -0.3 is 14.5 Å². The Hall–Kier alpha value is -3.22. The highest BCUT2D eigenvalue weighted by atomic mass is 19.1. The lowest BCUT2D eigenvalue weighted by Crippen LogP contribution is -2.06. The Morgan fingerprint density at radius 2 is 2.08 bits per heavy atom. The van der Waals surface area contributed by atoms with E-state index in [1.807, 2.05) is 19.1 Å². The summed E-state index contributed by atoms with van der Waals surface area (Å²) in [7, 11) is 1.34. The van der Waals surface area contributed by atoms with E-state index in [2.05, 4.69) is 15.5 Å². The molecular weight excluding hydrogens is 325 g/mol. The van der Waals surface area contributed by atoms with Gasteiger partial charge in [0.1, 0.15) is 5.82 Å². The van der Waals surface area contributed by atoms with Gasteiger partial charge in [0, 0.05) is 11.3 Å². The molecule has 1 aromatic heterocycles. The molecule has 0 bridgehead atoms. The fourth-order valence-electron chi connectivity index (χ4n) is 2.30. The number of rotatable bonds is 5. The van der Waals surface area contributed by atoms with Crippen LogP contribution in [0.15, 0.2) is 46.9 Å². The van der Waals surface area contributed by atoms with Gasteiger partial charge in [-0.25, -0.2) is 9.18 Å². The van der Waals surface area contributed by atoms with Crippen LogP contribution < -0.4 is 5.32 Å². The second-order valence-electron chi connectivity index (χ2n) is 5.39. The molecule has 0 saturated carbocycles. The summed E-state index contributed by atoms with van der Waals surface area (Å²) in [5.41, 5.74) is 2.54. The van der Waals surface area contributed by atoms with Gasteiger partial charge in [0.15, 0.2) is 0 Å². The Balaban J connectivity index is 1.71. The van der Waals surface area contributed by atoms with Gasteiger partial charge in [-0.15, -0.1) is 10.2 Å². The highest BCUT2D eigenvalue weighted by molar-refractivity contribution is 5.92. The van der Waals surface area contributed by atoms with Gasteiger partial charge in [-0.2, -0.15) is 0 Å². The van der Waals surface area contributed by atoms with E-state index in [4.69, 9.17) is 9.15 Å². The van der Waals surface area contributed by atoms with Crippen molar-refractivity contribution in [2.45, 2.75) is 13.5 Å². The average molecular weight is 341 g/mol. The van der Waals surface area contributed by atoms with Crippen molar-refractivity contribution in [3.63, 3.8) is 0 Å². The van der Waals surface area contributed by atoms with Crippen LogP contribution in [-0.2, 0) is 11.3 Å². The van der Waals surface area contributed by atoms with Crippen molar-refractivity contribution in [1.82, 2.24) is 10.2 Å². The zero-order chi connectivity index (χ0) is 17.8. The first-order valence-corrected chi connectivity index (χ1v) is 7.58. The zero-order valence-electron chi connectivity index (χ0n) is 13.7. The van der Waals surface area contributed by atoms with Gasteiger partial charge >= 0.3 is 5.97 Å². The minimum absolute atomic E-state index is 0.246. The highest BCUT2D eigenvalue weighted by Gasteiger charge is 2.12. The molecule has 3 aromatic rings. The summed E-state index contributed by atoms with van der Waals surface area (Å²) in [6.45, 7) is 2.10. The van der Waals surface area contributed by atoms with Crippen LogP contribution in [0.25, 0.3) is 11.5 Å². The predicted molar refractivity (Wildman–Crippen MR) is 89.5 cm³/mol. The number of anilines is 1. The molecule has 128 valence electrons. The molecule has 0 spiro atoms. The highest BCUT2D eigenvalue weighted by Crippen LogP contribution is 2.20. The van der Waals surface area contributed by atoms with Gasteiger partial charge in [-0.1, -0.05) is 12.1 Å². The maximum absolute atomic E-state index is 13.3. The van der Waals surface area contributed by atoms with Crippen LogP contribution in [0.1, 0.15) is 21.8 Å². The first-order valence-electron chi connectivity index (χ1n) is 7.58. The van der Waals surface area contributed by atoms with Crippen molar-refractivity contribution in [3.05, 3.63) is 65.3 Å². The summed E-state index contributed by atoms with van der Waals surface area (Å²) < 4.78 is 23.5. The number of nitrogens with zero attached hydrogens (tertiary/aromatic N) is 2. The van der Waals surface area contributed by atoms with E-state index in [1.165, 1.54) is 19.2 Å². The number of methoxy groups -OCH3 is 1. The van der Waals surface area contributed by atoms with Gasteiger partial charge in [-0.3, -0.25) is 0 Å². The van der Waals surface area contributed by atoms with Gasteiger partial charge in [0.2, 0.25) is 11.8 Å². The van der Waals surface area contributed by atoms with Crippen LogP contribution in [0.2, 0.25) is 0 Å². The molecule has 0 atom stereocenters. The van der Waals surface area contributed by atoms with Crippen LogP contribution in [0.5, 0.6) is 0 Å². The van der Waals surface area contributed by atoms with Gasteiger partial charge in [-0.05, 0) is 42.8 Å². The van der Waals surface area contributed by atoms with Crippen molar-refractivity contribution in [2.75, 3.05) is 12.4 Å². The summed E-state index contributed by atoms with van der Waals surface area (Å²) in [5.74, 6) is -0.174. The molecule has 3 rings (SSSR count). The second-order valence-corrected chi connectivity index (χ2v) is 5.39. The summed E-state index contributed by atoms with van der Waals surface area (Å²) in [6.07, 6.45) is 0. The quantitative estimate of drug-likeness (QED) is 0.715. The van der Waals surface area contributed by atoms with E-state index in [-0.39, 0.29) is 18.3 Å². The van der Waals surface area contributed by atoms with Gasteiger partial charge in [0.25, 0.3) is 0 Å². The zero-order valence-corrected chi connectivity index (χ0v) is 13.7. The van der Waals surface area contributed by atoms with Crippen molar-refractivity contribution >= 4 is 11.7 Å². The van der Waals surface area contributed by atoms with Crippen molar-refractivity contribution in [3.8, 4) is 11.5 Å². The molecule has 0 radical (unpaired) electrons. The van der Waals surface area contributed by atoms with E-state index >= 15 is 0 Å². The fourth-order valence-corrected chi connectivity index (χ4v) is 2.30. The summed E-state index contributed by atoms with van der Waals surface area (Å²) in [5, 5.41) is 11.0. The number of esters is 1. The summed E-state index contributed by atoms with van der Waals surface area (Å²) in [4.78, 5) is 11.7. The third-order valence-corrected chi connectivity index (χ3v) is 3.63. The molecule has 0 amide bonds. The number of aromatic nitrogens is 2. The molecule has 1 heterocycles. The predicted octanol–water partition coefficient (Wildman–Crippen LogP) is 3.58. The Morgan fingerprint density at radius 3 is 2.84 bits per heavy atom. The lowest BCUT2D eigenvalue weighted by atomic mass is 10.1. The number of hydrogen-bond donors (Lipinski definition) is 1. The minimum atomic E-state index is -0.396. The molecule has 1 N–H and O–H groups in total. The van der Waals surface area contributed by atoms with Crippen LogP contribution in [-0.4, -0.2) is 23.3 Å². The molecule has 0 unspecified atom stereocenters. The smallest absolute Gasteiger partial charge is 0.338 e. The Labute approximate surface area is 143 Å². The van der Waals surface area contributed by atoms with E-state index in [0.717, 1.165) is 11.3 Å². The SMILES string of the molecule is COC(=O)c1cc(NCc2nnc(-c3cccc(F)c3)o2)ccc1C. The van der Waals surface area contributed by atoms with Gasteiger partial charge in [0.05, 0.1) is 19.2 Å². The number of aryl methyl sites for hydroxylation is 1. The van der Waals surface area contributed by atoms with Crippen molar-refractivity contribution in [2.24, 2.45) is 0 Å². The molecule has 6 nitrogen and oxygen atoms in total. The second kappa shape index (κ2) is 7.12. The number of halogens is 1. The Bertz CT molecular complexity index is 908. The van der Waals surface area contributed by atoms with Crippen molar-refractivity contribution in [1.29, 1.82) is 0 Å². The third kappa shape index (κ3) is 3.82. The fraction of sp³-hybridized carbons (Fsp3) is 0.167. The molecule has 25 heavy (non-hydrogen) atoms. The first-order chi connectivity index (χ1) is 12.1. The van der Waals surface area contributed by atoms with Crippen LogP contribution in [0.4, 0.5) is 10.1 Å². The van der Waals surface area contributed by atoms with E-state index in [9.17, 15) is 9.18 Å². The van der Waals surface area contributed by atoms with Crippen LogP contribution >= 0.6 is 0 Å². The number of benzene rings is 2. The third-order valence-electron chi connectivity index (χ3n) is 3.63. The standard InChI is InChI=1S/C18H16FN3O3/c1-11-6-7-14(9-15(11)18(23)24-2)20-10-16-21-22-17(25-16)12-4-3-5-13(19)8-12/h3-9,20H,10H2,1-2H3. The Kier molecular flexibility index (Phi) is 4.74. The Morgan fingerprint density at radius 1 is 1.24 bits per heavy atom. The normalized spacial score (nSPS) is 10.5. The lowest BCUT2D eigenvalue weighted by Gasteiger charge is -2.08. The van der Waals surface area contributed by atoms with E-state index in [0.29, 0.717) is 17.0 Å². The molecule has 0 aliphatic heterocycles. The molecule has 0 fully saturated rings. The summed E-state index contributed by atoms with van der Waals surface area (Å²) in [6, 6.07) is 11.3. The lowest BCUT2D eigenvalue weighted by molar-refractivity contribution is 0.0600. The maximum Gasteiger partial charge on any atom is 0.338 e. The van der Waals surface area contributed by atoms with E-state index < -0.39 is 5.97 Å². The number of nitrogens with one attached hydrogen (secondary N) is 1. The number of ether oxygens (including phenoxy) is 1. The number of carbonyl (C=O) groups is 1. The molecule has 0 aliphatic rings. The maximum atomic E-state index is 13.3. The molecule has 0 aliphatic carbocycles. The average Bonchev–Trinajstić information content (AvgIpc) is 3.09. The number of hydrogen-bond acceptors (Lipinski definition) is 6. The molecule has 7 heteroatoms. The first kappa shape index (κ1) is 16.6. The van der Waals surface area contributed by atoms with Crippen molar-refractivity contribution < 1.29 is 18.3 Å². The van der Waals surface area contributed by atoms with Crippen LogP contribution in [0.3, 0.4) is 0 Å². The topological polar surface area (TPSA) is 77.2 Å². The molecule has 0 saturated heterocycles. The molecular formula is C18H16FN3O3. The monoisotopic (exact) mass is 341 g/mol. The molecule has 2 aromatic carbocycles. The largest absolute Gasteiger partial charge is 0.465 e. The summed E-state index contributed by atoms with van der Waals surface area (Å²) >= 11 is 0. The minimum Gasteiger partial charge on any atom is -0.465 e. The van der Waals surface area contributed by atoms with E-state index in [1.54, 1.807) is 18.2 Å².